The van der Waals surface area contributed by atoms with Crippen molar-refractivity contribution in [3.63, 3.8) is 0 Å². The van der Waals surface area contributed by atoms with E-state index in [1.54, 1.807) is 6.92 Å². The molecule has 0 saturated carbocycles. The molecular formula is C20H17ClF4N2O3. The number of nitrogens with zero attached hydrogens (tertiary/aromatic N) is 1. The zero-order valence-electron chi connectivity index (χ0n) is 15.5. The van der Waals surface area contributed by atoms with E-state index in [1.807, 2.05) is 0 Å². The van der Waals surface area contributed by atoms with Gasteiger partial charge in [0.05, 0.1) is 11.6 Å². The van der Waals surface area contributed by atoms with Crippen molar-refractivity contribution in [2.24, 2.45) is 0 Å². The van der Waals surface area contributed by atoms with E-state index in [0.29, 0.717) is 11.1 Å². The molecule has 0 unspecified atom stereocenters. The summed E-state index contributed by atoms with van der Waals surface area (Å²) in [6, 6.07) is 9.19. The van der Waals surface area contributed by atoms with E-state index in [2.05, 4.69) is 10.5 Å². The van der Waals surface area contributed by atoms with E-state index >= 15 is 0 Å². The minimum atomic E-state index is -4.41. The lowest BCUT2D eigenvalue weighted by Crippen LogP contribution is -2.20. The summed E-state index contributed by atoms with van der Waals surface area (Å²) in [5, 5.41) is 16.4. The Labute approximate surface area is 175 Å². The fraction of sp³-hybridized carbons (Fsp3) is 0.200. The third kappa shape index (κ3) is 5.17. The quantitative estimate of drug-likeness (QED) is 0.493. The molecule has 1 atom stereocenters. The fourth-order valence-corrected chi connectivity index (χ4v) is 2.79. The first kappa shape index (κ1) is 23.4. The maximum Gasteiger partial charge on any atom is 0.416 e. The molecule has 5 nitrogen and oxygen atoms in total. The van der Waals surface area contributed by atoms with E-state index in [9.17, 15) is 27.5 Å². The standard InChI is InChI=1S/C20H16F4N2O3.ClH/c1-11(25-10-12-2-6-14(7-3-12)20(22,23)24)18-16(19(27)28)17(26-29-18)13-4-8-15(21)9-5-13;/h2-9,11,25H,10H2,1H3,(H,27,28);1H/t11-;/m1./s1. The Hall–Kier alpha value is -2.91. The monoisotopic (exact) mass is 444 g/mol. The summed E-state index contributed by atoms with van der Waals surface area (Å²) in [5.41, 5.74) is 0.120. The van der Waals surface area contributed by atoms with E-state index in [-0.39, 0.29) is 36.0 Å². The van der Waals surface area contributed by atoms with Crippen molar-refractivity contribution in [3.8, 4) is 11.3 Å². The molecule has 160 valence electrons. The van der Waals surface area contributed by atoms with E-state index in [1.165, 1.54) is 36.4 Å². The fourth-order valence-electron chi connectivity index (χ4n) is 2.79. The summed E-state index contributed by atoms with van der Waals surface area (Å²) in [5.74, 6) is -1.67. The Morgan fingerprint density at radius 1 is 1.13 bits per heavy atom. The first-order valence-corrected chi connectivity index (χ1v) is 8.55. The predicted molar refractivity (Wildman–Crippen MR) is 103 cm³/mol. The van der Waals surface area contributed by atoms with Crippen LogP contribution in [0.4, 0.5) is 17.6 Å². The molecule has 2 N–H and O–H groups in total. The van der Waals surface area contributed by atoms with Crippen LogP contribution in [0.15, 0.2) is 53.1 Å². The first-order chi connectivity index (χ1) is 13.7. The SMILES string of the molecule is C[C@@H](NCc1ccc(C(F)(F)F)cc1)c1onc(-c2ccc(F)cc2)c1C(=O)O.Cl. The molecule has 10 heteroatoms. The second-order valence-corrected chi connectivity index (χ2v) is 6.38. The van der Waals surface area contributed by atoms with Gasteiger partial charge in [0.2, 0.25) is 0 Å². The lowest BCUT2D eigenvalue weighted by molar-refractivity contribution is -0.137. The molecule has 0 fully saturated rings. The van der Waals surface area contributed by atoms with E-state index in [0.717, 1.165) is 12.1 Å². The smallest absolute Gasteiger partial charge is 0.416 e. The van der Waals surface area contributed by atoms with Gasteiger partial charge in [0.1, 0.15) is 17.1 Å². The number of carboxylic acid groups (broad SMARTS) is 1. The molecule has 0 aliphatic rings. The van der Waals surface area contributed by atoms with Gasteiger partial charge in [0, 0.05) is 12.1 Å². The van der Waals surface area contributed by atoms with Crippen molar-refractivity contribution in [1.82, 2.24) is 10.5 Å². The van der Waals surface area contributed by atoms with Crippen LogP contribution in [-0.4, -0.2) is 16.2 Å². The maximum atomic E-state index is 13.1. The van der Waals surface area contributed by atoms with Gasteiger partial charge in [-0.3, -0.25) is 0 Å². The molecular weight excluding hydrogens is 428 g/mol. The van der Waals surface area contributed by atoms with E-state index < -0.39 is 29.6 Å². The minimum absolute atomic E-state index is 0. The Balaban J connectivity index is 0.00000320. The molecule has 30 heavy (non-hydrogen) atoms. The summed E-state index contributed by atoms with van der Waals surface area (Å²) in [6.45, 7) is 1.83. The molecule has 0 aliphatic carbocycles. The van der Waals surface area contributed by atoms with Crippen molar-refractivity contribution in [2.75, 3.05) is 0 Å². The van der Waals surface area contributed by atoms with Crippen LogP contribution in [0.2, 0.25) is 0 Å². The van der Waals surface area contributed by atoms with E-state index in [4.69, 9.17) is 4.52 Å². The second-order valence-electron chi connectivity index (χ2n) is 6.38. The van der Waals surface area contributed by atoms with Gasteiger partial charge < -0.3 is 14.9 Å². The van der Waals surface area contributed by atoms with Gasteiger partial charge in [0.25, 0.3) is 0 Å². The number of hydrogen-bond donors (Lipinski definition) is 2. The van der Waals surface area contributed by atoms with Crippen LogP contribution in [-0.2, 0) is 12.7 Å². The highest BCUT2D eigenvalue weighted by Crippen LogP contribution is 2.31. The van der Waals surface area contributed by atoms with Gasteiger partial charge in [-0.05, 0) is 48.9 Å². The molecule has 0 radical (unpaired) electrons. The lowest BCUT2D eigenvalue weighted by atomic mass is 10.0. The highest BCUT2D eigenvalue weighted by Gasteiger charge is 2.30. The summed E-state index contributed by atoms with van der Waals surface area (Å²) < 4.78 is 56.2. The van der Waals surface area contributed by atoms with Crippen molar-refractivity contribution < 1.29 is 32.0 Å². The number of halogens is 5. The molecule has 0 saturated heterocycles. The topological polar surface area (TPSA) is 75.4 Å². The number of carbonyl (C=O) groups is 1. The third-order valence-electron chi connectivity index (χ3n) is 4.34. The Bertz CT molecular complexity index is 1000. The van der Waals surface area contributed by atoms with Gasteiger partial charge >= 0.3 is 12.1 Å². The van der Waals surface area contributed by atoms with Crippen LogP contribution >= 0.6 is 12.4 Å². The molecule has 0 spiro atoms. The van der Waals surface area contributed by atoms with Crippen LogP contribution < -0.4 is 5.32 Å². The van der Waals surface area contributed by atoms with Gasteiger partial charge in [-0.1, -0.05) is 17.3 Å². The van der Waals surface area contributed by atoms with Gasteiger partial charge in [0.15, 0.2) is 5.76 Å². The largest absolute Gasteiger partial charge is 0.477 e. The van der Waals surface area contributed by atoms with Gasteiger partial charge in [-0.25, -0.2) is 9.18 Å². The zero-order chi connectivity index (χ0) is 21.2. The van der Waals surface area contributed by atoms with Crippen LogP contribution in [0.1, 0.15) is 40.2 Å². The van der Waals surface area contributed by atoms with Crippen molar-refractivity contribution in [3.05, 3.63) is 76.8 Å². The van der Waals surface area contributed by atoms with Crippen molar-refractivity contribution in [2.45, 2.75) is 25.7 Å². The average molecular weight is 445 g/mol. The number of aromatic carboxylic acids is 1. The molecule has 0 bridgehead atoms. The number of aromatic nitrogens is 1. The molecule has 2 aromatic carbocycles. The van der Waals surface area contributed by atoms with Gasteiger partial charge in [-0.15, -0.1) is 12.4 Å². The van der Waals surface area contributed by atoms with Gasteiger partial charge in [-0.2, -0.15) is 13.2 Å². The number of hydrogen-bond acceptors (Lipinski definition) is 4. The highest BCUT2D eigenvalue weighted by atomic mass is 35.5. The van der Waals surface area contributed by atoms with Crippen LogP contribution in [0.25, 0.3) is 11.3 Å². The summed E-state index contributed by atoms with van der Waals surface area (Å²) in [7, 11) is 0. The zero-order valence-corrected chi connectivity index (χ0v) is 16.4. The van der Waals surface area contributed by atoms with Crippen molar-refractivity contribution in [1.29, 1.82) is 0 Å². The molecule has 3 rings (SSSR count). The maximum absolute atomic E-state index is 13.1. The summed E-state index contributed by atoms with van der Waals surface area (Å²) in [4.78, 5) is 11.7. The normalized spacial score (nSPS) is 12.3. The summed E-state index contributed by atoms with van der Waals surface area (Å²) >= 11 is 0. The van der Waals surface area contributed by atoms with Crippen LogP contribution in [0.3, 0.4) is 0 Å². The average Bonchev–Trinajstić information content (AvgIpc) is 3.12. The Morgan fingerprint density at radius 3 is 2.27 bits per heavy atom. The lowest BCUT2D eigenvalue weighted by Gasteiger charge is -2.13. The highest BCUT2D eigenvalue weighted by molar-refractivity contribution is 5.95. The number of benzene rings is 2. The molecule has 3 aromatic rings. The Morgan fingerprint density at radius 2 is 1.73 bits per heavy atom. The molecule has 1 aromatic heterocycles. The molecule has 1 heterocycles. The number of carboxylic acids is 1. The minimum Gasteiger partial charge on any atom is -0.477 e. The van der Waals surface area contributed by atoms with Crippen LogP contribution in [0, 0.1) is 5.82 Å². The predicted octanol–water partition coefficient (Wildman–Crippen LogP) is 5.47. The Kier molecular flexibility index (Phi) is 7.22. The second kappa shape index (κ2) is 9.27. The third-order valence-corrected chi connectivity index (χ3v) is 4.34. The first-order valence-electron chi connectivity index (χ1n) is 8.55. The van der Waals surface area contributed by atoms with Crippen LogP contribution in [0.5, 0.6) is 0 Å². The molecule has 0 aliphatic heterocycles. The molecule has 0 amide bonds. The number of nitrogens with one attached hydrogen (secondary N) is 1. The van der Waals surface area contributed by atoms with Crippen molar-refractivity contribution >= 4 is 18.4 Å². The summed E-state index contributed by atoms with van der Waals surface area (Å²) in [6.07, 6.45) is -4.41. The number of alkyl halides is 3. The number of rotatable bonds is 6.